The number of hydrogen-bond acceptors (Lipinski definition) is 14. The van der Waals surface area contributed by atoms with Crippen LogP contribution < -0.4 is 21.1 Å². The molecule has 2 aliphatic heterocycles. The van der Waals surface area contributed by atoms with Crippen LogP contribution in [0, 0.1) is 6.92 Å². The second-order valence-corrected chi connectivity index (χ2v) is 20.3. The van der Waals surface area contributed by atoms with Gasteiger partial charge >= 0.3 is 23.2 Å². The third-order valence-corrected chi connectivity index (χ3v) is 14.8. The van der Waals surface area contributed by atoms with E-state index in [2.05, 4.69) is 73.7 Å². The monoisotopic (exact) mass is 1030 g/mol. The summed E-state index contributed by atoms with van der Waals surface area (Å²) >= 11 is 6.07. The fourth-order valence-corrected chi connectivity index (χ4v) is 10.2. The number of ether oxygens (including phenoxy) is 1. The maximum absolute atomic E-state index is 12.8. The highest BCUT2D eigenvalue weighted by atomic mass is 79.9. The van der Waals surface area contributed by atoms with Gasteiger partial charge in [-0.15, -0.1) is 22.7 Å². The molecule has 2 saturated heterocycles. The van der Waals surface area contributed by atoms with Crippen molar-refractivity contribution in [3.8, 4) is 21.1 Å². The number of esters is 1. The molecule has 6 heterocycles. The van der Waals surface area contributed by atoms with Crippen molar-refractivity contribution in [2.75, 3.05) is 94.7 Å². The van der Waals surface area contributed by atoms with Crippen LogP contribution in [0.15, 0.2) is 77.7 Å². The van der Waals surface area contributed by atoms with Gasteiger partial charge in [0, 0.05) is 88.7 Å². The normalized spacial score (nSPS) is 14.9. The quantitative estimate of drug-likeness (QED) is 0.0303. The number of halogens is 1. The molecule has 0 atom stereocenters. The summed E-state index contributed by atoms with van der Waals surface area (Å²) in [5, 5.41) is 16.0. The number of piperazine rings is 2. The first-order valence-corrected chi connectivity index (χ1v) is 26.6. The number of aliphatic carboxylic acids is 1. The van der Waals surface area contributed by atoms with E-state index >= 15 is 0 Å². The topological polar surface area (TPSA) is 160 Å². The van der Waals surface area contributed by atoms with E-state index < -0.39 is 11.6 Å². The van der Waals surface area contributed by atoms with Crippen molar-refractivity contribution in [2.45, 2.75) is 78.6 Å². The number of likely N-dealkylation sites (N-methyl/N-ethyl adjacent to an activating group) is 2. The second kappa shape index (κ2) is 25.6. The van der Waals surface area contributed by atoms with Gasteiger partial charge in [-0.3, -0.25) is 9.59 Å². The number of carbonyl (C=O) groups is 2. The van der Waals surface area contributed by atoms with Crippen molar-refractivity contribution in [2.24, 2.45) is 0 Å². The van der Waals surface area contributed by atoms with Gasteiger partial charge in [0.15, 0.2) is 0 Å². The summed E-state index contributed by atoms with van der Waals surface area (Å²) in [6.07, 6.45) is 8.53. The minimum atomic E-state index is -0.690. The molecule has 2 aromatic carbocycles. The van der Waals surface area contributed by atoms with Gasteiger partial charge in [0.05, 0.1) is 69.6 Å². The molecule has 0 aliphatic carbocycles. The maximum Gasteiger partial charge on any atom is 0.346 e. The molecule has 14 nitrogen and oxygen atoms in total. The summed E-state index contributed by atoms with van der Waals surface area (Å²) in [6.45, 7) is 15.9. The number of fused-ring (bicyclic) bond motifs is 2. The first kappa shape index (κ1) is 52.4. The van der Waals surface area contributed by atoms with Gasteiger partial charge in [0.1, 0.15) is 21.2 Å². The summed E-state index contributed by atoms with van der Waals surface area (Å²) in [5.74, 6) is -1.01. The number of quaternary nitrogens is 1. The van der Waals surface area contributed by atoms with E-state index in [-0.39, 0.29) is 18.0 Å². The summed E-state index contributed by atoms with van der Waals surface area (Å²) in [7, 11) is 4.51. The van der Waals surface area contributed by atoms with Crippen molar-refractivity contribution in [3.63, 3.8) is 0 Å². The van der Waals surface area contributed by atoms with E-state index in [1.54, 1.807) is 12.3 Å². The lowest BCUT2D eigenvalue weighted by atomic mass is 10.1. The van der Waals surface area contributed by atoms with E-state index in [1.165, 1.54) is 54.9 Å². The van der Waals surface area contributed by atoms with Gasteiger partial charge in [-0.2, -0.15) is 0 Å². The largest absolute Gasteiger partial charge is 0.481 e. The number of aryl methyl sites for hydroxylation is 1. The smallest absolute Gasteiger partial charge is 0.346 e. The van der Waals surface area contributed by atoms with E-state index in [9.17, 15) is 19.2 Å². The van der Waals surface area contributed by atoms with Crippen molar-refractivity contribution < 1.29 is 32.7 Å². The van der Waals surface area contributed by atoms with Crippen LogP contribution in [0.3, 0.4) is 0 Å². The van der Waals surface area contributed by atoms with E-state index in [0.717, 1.165) is 109 Å². The molecule has 0 spiro atoms. The molecule has 4 aromatic heterocycles. The molecule has 0 saturated carbocycles. The molecule has 0 unspecified atom stereocenters. The minimum Gasteiger partial charge on any atom is -0.481 e. The molecule has 6 aromatic rings. The Morgan fingerprint density at radius 2 is 1.34 bits per heavy atom. The van der Waals surface area contributed by atoms with Crippen LogP contribution in [-0.4, -0.2) is 121 Å². The summed E-state index contributed by atoms with van der Waals surface area (Å²) < 4.78 is 17.4. The number of carbonyl (C=O) groups excluding carboxylic acids is 1. The Morgan fingerprint density at radius 1 is 0.765 bits per heavy atom. The average Bonchev–Trinajstić information content (AvgIpc) is 3.98. The molecule has 68 heavy (non-hydrogen) atoms. The van der Waals surface area contributed by atoms with Gasteiger partial charge in [-0.25, -0.2) is 19.6 Å². The molecule has 8 rings (SSSR count). The summed E-state index contributed by atoms with van der Waals surface area (Å²) in [6, 6.07) is 15.9. The van der Waals surface area contributed by atoms with E-state index in [0.29, 0.717) is 51.0 Å². The number of unbranched alkanes of at least 4 members (excludes halogenated alkanes) is 5. The van der Waals surface area contributed by atoms with Crippen LogP contribution in [-0.2, 0) is 20.7 Å². The Bertz CT molecular complexity index is 2700. The lowest BCUT2D eigenvalue weighted by Crippen LogP contribution is -2.57. The van der Waals surface area contributed by atoms with Crippen molar-refractivity contribution in [1.82, 2.24) is 14.9 Å². The zero-order chi connectivity index (χ0) is 48.6. The Kier molecular flexibility index (Phi) is 19.7. The third-order valence-electron chi connectivity index (χ3n) is 12.3. The molecular weight excluding hydrogens is 969 g/mol. The van der Waals surface area contributed by atoms with Gasteiger partial charge in [-0.05, 0) is 83.0 Å². The Morgan fingerprint density at radius 3 is 1.88 bits per heavy atom. The first-order chi connectivity index (χ1) is 32.8. The highest BCUT2D eigenvalue weighted by Crippen LogP contribution is 2.30. The first-order valence-electron chi connectivity index (χ1n) is 23.8. The molecule has 2 fully saturated rings. The van der Waals surface area contributed by atoms with Gasteiger partial charge in [-0.1, -0.05) is 42.1 Å². The van der Waals surface area contributed by atoms with E-state index in [4.69, 9.17) is 18.7 Å². The number of hydrogen-bond donors (Lipinski definition) is 1. The third kappa shape index (κ3) is 15.0. The zero-order valence-corrected chi connectivity index (χ0v) is 43.3. The van der Waals surface area contributed by atoms with Crippen LogP contribution in [0.4, 0.5) is 11.4 Å². The van der Waals surface area contributed by atoms with Gasteiger partial charge < -0.3 is 37.9 Å². The van der Waals surface area contributed by atoms with Gasteiger partial charge in [0.2, 0.25) is 0 Å². The summed E-state index contributed by atoms with van der Waals surface area (Å²) in [5.41, 5.74) is 5.14. The number of thiazole rings is 2. The zero-order valence-electron chi connectivity index (χ0n) is 40.1. The van der Waals surface area contributed by atoms with Gasteiger partial charge in [0.25, 0.3) is 0 Å². The Labute approximate surface area is 415 Å². The molecular formula is C51H66BrN6O8S2+. The van der Waals surface area contributed by atoms with Crippen LogP contribution in [0.1, 0.15) is 76.6 Å². The maximum atomic E-state index is 12.8. The molecule has 2 aliphatic rings. The Hall–Kier alpha value is -4.94. The molecule has 0 bridgehead atoms. The van der Waals surface area contributed by atoms with Crippen LogP contribution in [0.2, 0.25) is 0 Å². The van der Waals surface area contributed by atoms with Crippen molar-refractivity contribution >= 4 is 83.9 Å². The van der Waals surface area contributed by atoms with Crippen LogP contribution in [0.25, 0.3) is 43.1 Å². The minimum absolute atomic E-state index is 0.0962. The van der Waals surface area contributed by atoms with Crippen LogP contribution in [0.5, 0.6) is 0 Å². The van der Waals surface area contributed by atoms with E-state index in [1.807, 2.05) is 48.7 Å². The molecule has 17 heteroatoms. The summed E-state index contributed by atoms with van der Waals surface area (Å²) in [4.78, 5) is 62.7. The second-order valence-electron chi connectivity index (χ2n) is 17.8. The number of anilines is 2. The lowest BCUT2D eigenvalue weighted by molar-refractivity contribution is -0.910. The number of alkyl halides is 1. The SMILES string of the molecule is CCCCCC[N+]1(C)CCN(c2ccc3cc(-c4nc(CC(=O)OCC)cs4)c(=O)oc3c2)CC1.Cc1csc(-c2cc3ccc(N4CCN(C)CC4)cc3oc2=O)n1.O=C(O)CCCCCBr. The number of carboxylic acids is 1. The lowest BCUT2D eigenvalue weighted by Gasteiger charge is -2.43. The molecule has 1 N–H and O–H groups in total. The number of benzene rings is 2. The predicted molar refractivity (Wildman–Crippen MR) is 279 cm³/mol. The molecule has 0 radical (unpaired) electrons. The van der Waals surface area contributed by atoms with Crippen molar-refractivity contribution in [3.05, 3.63) is 91.5 Å². The molecule has 366 valence electrons. The number of aromatic nitrogens is 2. The van der Waals surface area contributed by atoms with Crippen LogP contribution >= 0.6 is 38.6 Å². The average molecular weight is 1040 g/mol. The Balaban J connectivity index is 0.000000198. The number of carboxylic acid groups (broad SMARTS) is 1. The fraction of sp³-hybridized carbons (Fsp3) is 0.490. The fourth-order valence-electron chi connectivity index (χ4n) is 8.20. The predicted octanol–water partition coefficient (Wildman–Crippen LogP) is 9.87. The highest BCUT2D eigenvalue weighted by Gasteiger charge is 2.28. The molecule has 0 amide bonds. The standard InChI is InChI=1S/C27H36N3O4S.C18H19N3O2S.C6H11BrO2/c1-4-6-7-8-13-30(3)14-11-29(12-15-30)22-10-9-20-16-23(27(32)34-24(20)18-22)26-28-21(19-35-26)17-25(31)33-5-2;1-12-11-24-17(19-12)15-9-13-3-4-14(10-16(13)23-18(15)22)21-7-5-20(2)6-8-21;7-5-3-1-2-4-6(8)9/h9-10,16,18-19H,4-8,11-15,17H2,1-3H3;3-4,9-11H,5-8H2,1-2H3;1-5H2,(H,8,9)/q+1;;. The number of rotatable bonds is 17. The number of nitrogens with zero attached hydrogens (tertiary/aromatic N) is 6. The highest BCUT2D eigenvalue weighted by molar-refractivity contribution is 9.09. The van der Waals surface area contributed by atoms with Crippen molar-refractivity contribution in [1.29, 1.82) is 0 Å².